The number of nitrogens with zero attached hydrogens (tertiary/aromatic N) is 5. The van der Waals surface area contributed by atoms with E-state index in [0.717, 1.165) is 29.3 Å². The summed E-state index contributed by atoms with van der Waals surface area (Å²) in [7, 11) is 0.0493. The number of ether oxygens (including phenoxy) is 2. The van der Waals surface area contributed by atoms with Crippen molar-refractivity contribution in [3.8, 4) is 28.3 Å². The van der Waals surface area contributed by atoms with Gasteiger partial charge in [0, 0.05) is 48.4 Å². The topological polar surface area (TPSA) is 130 Å². The summed E-state index contributed by atoms with van der Waals surface area (Å²) in [4.78, 5) is 21.5. The van der Waals surface area contributed by atoms with Crippen molar-refractivity contribution in [1.29, 1.82) is 0 Å². The SMILES string of the molecule is COc1c(-c2cn3c(n2)COCC[C@H]3S(C)(=O)=O)cccc1-c1nn(C)c2cnc(NC(=O)C3CC3)cc12. The van der Waals surface area contributed by atoms with Crippen LogP contribution in [0.2, 0.25) is 0 Å². The zero-order chi connectivity index (χ0) is 26.6. The normalized spacial score (nSPS) is 17.7. The number of aryl methyl sites for hydroxylation is 1. The smallest absolute Gasteiger partial charge is 0.228 e. The van der Waals surface area contributed by atoms with Gasteiger partial charge in [0.2, 0.25) is 5.91 Å². The molecular formula is C26H28N6O5S. The standard InChI is InChI=1S/C26H28N6O5S/c1-31-20-12-27-21(29-26(33)15-7-8-15)11-18(20)24(30-31)17-6-4-5-16(25(17)36-2)19-13-32-22(28-19)14-37-10-9-23(32)38(3,34)35/h4-6,11-13,15,23H,7-10,14H2,1-3H3,(H,27,29,33)/t23-/m1/s1. The van der Waals surface area contributed by atoms with Crippen LogP contribution in [-0.4, -0.2) is 58.6 Å². The molecular weight excluding hydrogens is 508 g/mol. The fraction of sp³-hybridized carbons (Fsp3) is 0.385. The molecule has 4 heterocycles. The van der Waals surface area contributed by atoms with E-state index in [4.69, 9.17) is 19.6 Å². The third-order valence-electron chi connectivity index (χ3n) is 7.04. The fourth-order valence-corrected chi connectivity index (χ4v) is 6.08. The van der Waals surface area contributed by atoms with Gasteiger partial charge in [-0.05, 0) is 31.0 Å². The van der Waals surface area contributed by atoms with Gasteiger partial charge >= 0.3 is 0 Å². The molecule has 4 aromatic rings. The number of fused-ring (bicyclic) bond motifs is 2. The van der Waals surface area contributed by atoms with Crippen molar-refractivity contribution < 1.29 is 22.7 Å². The Labute approximate surface area is 219 Å². The number of imidazole rings is 1. The zero-order valence-corrected chi connectivity index (χ0v) is 22.2. The first-order valence-corrected chi connectivity index (χ1v) is 14.4. The third kappa shape index (κ3) is 4.33. The van der Waals surface area contributed by atoms with Crippen LogP contribution in [-0.2, 0) is 33.0 Å². The molecule has 2 aliphatic rings. The van der Waals surface area contributed by atoms with Crippen LogP contribution in [0.4, 0.5) is 5.82 Å². The molecule has 1 N–H and O–H groups in total. The number of para-hydroxylation sites is 1. The van der Waals surface area contributed by atoms with Gasteiger partial charge in [0.05, 0.1) is 31.1 Å². The Kier molecular flexibility index (Phi) is 5.95. The van der Waals surface area contributed by atoms with Crippen LogP contribution in [0.5, 0.6) is 5.75 Å². The number of benzene rings is 1. The van der Waals surface area contributed by atoms with Crippen LogP contribution in [0.25, 0.3) is 33.4 Å². The van der Waals surface area contributed by atoms with Gasteiger partial charge in [0.25, 0.3) is 0 Å². The summed E-state index contributed by atoms with van der Waals surface area (Å²) in [6.45, 7) is 0.571. The van der Waals surface area contributed by atoms with Gasteiger partial charge in [0.1, 0.15) is 35.1 Å². The van der Waals surface area contributed by atoms with Crippen molar-refractivity contribution in [2.75, 3.05) is 25.3 Å². The number of carbonyl (C=O) groups excluding carboxylic acids is 1. The number of aromatic nitrogens is 5. The molecule has 1 atom stereocenters. The Morgan fingerprint density at radius 2 is 2.00 bits per heavy atom. The summed E-state index contributed by atoms with van der Waals surface area (Å²) in [6.07, 6.45) is 6.85. The van der Waals surface area contributed by atoms with Gasteiger partial charge in [-0.3, -0.25) is 9.48 Å². The molecule has 6 rings (SSSR count). The monoisotopic (exact) mass is 536 g/mol. The third-order valence-corrected chi connectivity index (χ3v) is 8.49. The van der Waals surface area contributed by atoms with Crippen LogP contribution >= 0.6 is 0 Å². The van der Waals surface area contributed by atoms with Crippen molar-refractivity contribution in [3.05, 3.63) is 42.5 Å². The number of carbonyl (C=O) groups is 1. The second-order valence-electron chi connectivity index (χ2n) is 9.78. The van der Waals surface area contributed by atoms with Crippen molar-refractivity contribution in [2.45, 2.75) is 31.2 Å². The van der Waals surface area contributed by atoms with Crippen LogP contribution in [0.3, 0.4) is 0 Å². The highest BCUT2D eigenvalue weighted by Crippen LogP contribution is 2.41. The summed E-state index contributed by atoms with van der Waals surface area (Å²) in [5.41, 5.74) is 3.49. The Morgan fingerprint density at radius 1 is 1.21 bits per heavy atom. The maximum Gasteiger partial charge on any atom is 0.228 e. The van der Waals surface area contributed by atoms with Gasteiger partial charge in [-0.25, -0.2) is 18.4 Å². The molecule has 0 saturated heterocycles. The van der Waals surface area contributed by atoms with Gasteiger partial charge in [-0.2, -0.15) is 5.10 Å². The molecule has 0 bridgehead atoms. The summed E-state index contributed by atoms with van der Waals surface area (Å²) >= 11 is 0. The number of sulfone groups is 1. The highest BCUT2D eigenvalue weighted by molar-refractivity contribution is 7.90. The minimum atomic E-state index is -3.37. The lowest BCUT2D eigenvalue weighted by Crippen LogP contribution is -2.19. The Hall–Kier alpha value is -3.77. The maximum absolute atomic E-state index is 12.5. The molecule has 198 valence electrons. The van der Waals surface area contributed by atoms with E-state index in [2.05, 4.69) is 10.3 Å². The molecule has 1 aromatic carbocycles. The largest absolute Gasteiger partial charge is 0.495 e. The summed E-state index contributed by atoms with van der Waals surface area (Å²) in [6, 6.07) is 7.52. The van der Waals surface area contributed by atoms with E-state index in [1.807, 2.05) is 31.3 Å². The summed E-state index contributed by atoms with van der Waals surface area (Å²) < 4.78 is 40.0. The average Bonchev–Trinajstić information content (AvgIpc) is 3.63. The lowest BCUT2D eigenvalue weighted by Gasteiger charge is -2.15. The van der Waals surface area contributed by atoms with E-state index in [0.29, 0.717) is 47.4 Å². The Balaban J connectivity index is 1.45. The average molecular weight is 537 g/mol. The lowest BCUT2D eigenvalue weighted by atomic mass is 10.0. The van der Waals surface area contributed by atoms with E-state index in [1.54, 1.807) is 28.8 Å². The molecule has 1 amide bonds. The van der Waals surface area contributed by atoms with Crippen molar-refractivity contribution >= 4 is 32.5 Å². The van der Waals surface area contributed by atoms with E-state index in [-0.39, 0.29) is 18.4 Å². The predicted molar refractivity (Wildman–Crippen MR) is 141 cm³/mol. The van der Waals surface area contributed by atoms with E-state index < -0.39 is 15.2 Å². The molecule has 3 aromatic heterocycles. The number of methoxy groups -OCH3 is 1. The second kappa shape index (κ2) is 9.21. The summed E-state index contributed by atoms with van der Waals surface area (Å²) in [5, 5.41) is 7.73. The fourth-order valence-electron chi connectivity index (χ4n) is 4.96. The molecule has 0 radical (unpaired) electrons. The second-order valence-corrected chi connectivity index (χ2v) is 12.0. The predicted octanol–water partition coefficient (Wildman–Crippen LogP) is 3.32. The highest BCUT2D eigenvalue weighted by Gasteiger charge is 2.31. The number of pyridine rings is 1. The summed E-state index contributed by atoms with van der Waals surface area (Å²) in [5.74, 6) is 1.63. The number of anilines is 1. The molecule has 12 heteroatoms. The van der Waals surface area contributed by atoms with E-state index >= 15 is 0 Å². The van der Waals surface area contributed by atoms with Gasteiger partial charge in [0.15, 0.2) is 9.84 Å². The quantitative estimate of drug-likeness (QED) is 0.397. The molecule has 0 unspecified atom stereocenters. The van der Waals surface area contributed by atoms with Crippen LogP contribution in [0.1, 0.15) is 30.5 Å². The van der Waals surface area contributed by atoms with Gasteiger partial charge in [-0.15, -0.1) is 0 Å². The first kappa shape index (κ1) is 24.6. The van der Waals surface area contributed by atoms with Crippen molar-refractivity contribution in [1.82, 2.24) is 24.3 Å². The van der Waals surface area contributed by atoms with Crippen LogP contribution < -0.4 is 10.1 Å². The van der Waals surface area contributed by atoms with Gasteiger partial charge in [-0.1, -0.05) is 6.07 Å². The number of amides is 1. The molecule has 38 heavy (non-hydrogen) atoms. The Morgan fingerprint density at radius 3 is 2.74 bits per heavy atom. The number of hydrogen-bond donors (Lipinski definition) is 1. The maximum atomic E-state index is 12.5. The highest BCUT2D eigenvalue weighted by atomic mass is 32.2. The van der Waals surface area contributed by atoms with Crippen LogP contribution in [0, 0.1) is 5.92 Å². The first-order chi connectivity index (χ1) is 18.2. The molecule has 1 aliphatic carbocycles. The number of nitrogens with one attached hydrogen (secondary N) is 1. The molecule has 0 spiro atoms. The van der Waals surface area contributed by atoms with Gasteiger partial charge < -0.3 is 19.4 Å². The number of rotatable bonds is 6. The number of hydrogen-bond acceptors (Lipinski definition) is 8. The molecule has 1 saturated carbocycles. The van der Waals surface area contributed by atoms with E-state index in [9.17, 15) is 13.2 Å². The molecule has 1 fully saturated rings. The van der Waals surface area contributed by atoms with Crippen LogP contribution in [0.15, 0.2) is 36.7 Å². The molecule has 1 aliphatic heterocycles. The zero-order valence-electron chi connectivity index (χ0n) is 21.3. The van der Waals surface area contributed by atoms with Crippen molar-refractivity contribution in [2.24, 2.45) is 13.0 Å². The minimum Gasteiger partial charge on any atom is -0.495 e. The Bertz CT molecular complexity index is 1670. The van der Waals surface area contributed by atoms with E-state index in [1.165, 1.54) is 6.26 Å². The first-order valence-electron chi connectivity index (χ1n) is 12.4. The minimum absolute atomic E-state index is 0.0159. The molecule has 11 nitrogen and oxygen atoms in total. The lowest BCUT2D eigenvalue weighted by molar-refractivity contribution is -0.117. The van der Waals surface area contributed by atoms with Crippen molar-refractivity contribution in [3.63, 3.8) is 0 Å².